The van der Waals surface area contributed by atoms with Crippen molar-refractivity contribution in [3.63, 3.8) is 0 Å². The Kier molecular flexibility index (Phi) is 6.97. The average Bonchev–Trinajstić information content (AvgIpc) is 2.78. The van der Waals surface area contributed by atoms with Crippen LogP contribution < -0.4 is 10.1 Å². The van der Waals surface area contributed by atoms with E-state index in [-0.39, 0.29) is 4.90 Å². The number of rotatable bonds is 7. The summed E-state index contributed by atoms with van der Waals surface area (Å²) in [7, 11) is -2.70. The van der Waals surface area contributed by atoms with E-state index in [1.54, 1.807) is 19.1 Å². The molecule has 2 amide bonds. The highest BCUT2D eigenvalue weighted by Gasteiger charge is 2.27. The number of hydrogen-bond acceptors (Lipinski definition) is 4. The Balaban J connectivity index is 1.71. The summed E-state index contributed by atoms with van der Waals surface area (Å²) in [6.45, 7) is 4.04. The summed E-state index contributed by atoms with van der Waals surface area (Å²) in [6, 6.07) is 22.3. The van der Waals surface area contributed by atoms with Gasteiger partial charge in [0, 0.05) is 12.6 Å². The maximum absolute atomic E-state index is 12.8. The van der Waals surface area contributed by atoms with Crippen molar-refractivity contribution in [3.05, 3.63) is 95.6 Å². The highest BCUT2D eigenvalue weighted by atomic mass is 32.2. The van der Waals surface area contributed by atoms with Crippen molar-refractivity contribution in [1.29, 1.82) is 0 Å². The summed E-state index contributed by atoms with van der Waals surface area (Å²) in [5.74, 6) is 0.628. The van der Waals surface area contributed by atoms with Crippen molar-refractivity contribution in [3.8, 4) is 5.75 Å². The molecule has 0 aliphatic carbocycles. The fourth-order valence-corrected chi connectivity index (χ4v) is 4.10. The van der Waals surface area contributed by atoms with E-state index in [4.69, 9.17) is 4.74 Å². The topological polar surface area (TPSA) is 75.7 Å². The van der Waals surface area contributed by atoms with Gasteiger partial charge in [0.1, 0.15) is 12.4 Å². The minimum atomic E-state index is -3.95. The standard InChI is InChI=1S/C24H26N2O4S/c1-18-13-15-21(16-14-18)31(28,29)26(3)24(27)25-19(2)22-11-7-8-12-23(22)30-17-20-9-5-4-6-10-20/h4-16,19H,17H2,1-3H3,(H,25,27). The van der Waals surface area contributed by atoms with E-state index in [2.05, 4.69) is 5.32 Å². The molecule has 1 unspecified atom stereocenters. The first-order valence-electron chi connectivity index (χ1n) is 9.91. The lowest BCUT2D eigenvalue weighted by atomic mass is 10.1. The molecule has 0 aromatic heterocycles. The van der Waals surface area contributed by atoms with Gasteiger partial charge in [0.25, 0.3) is 10.0 Å². The molecule has 0 fully saturated rings. The third-order valence-electron chi connectivity index (χ3n) is 4.93. The Hall–Kier alpha value is -3.32. The van der Waals surface area contributed by atoms with Gasteiger partial charge in [-0.15, -0.1) is 0 Å². The predicted octanol–water partition coefficient (Wildman–Crippen LogP) is 4.67. The van der Waals surface area contributed by atoms with E-state index in [0.717, 1.165) is 21.0 Å². The Morgan fingerprint density at radius 1 is 0.968 bits per heavy atom. The largest absolute Gasteiger partial charge is 0.489 e. The molecule has 0 bridgehead atoms. The molecule has 0 aliphatic rings. The zero-order chi connectivity index (χ0) is 22.4. The normalized spacial score (nSPS) is 12.1. The van der Waals surface area contributed by atoms with Crippen LogP contribution >= 0.6 is 0 Å². The zero-order valence-electron chi connectivity index (χ0n) is 17.8. The SMILES string of the molecule is Cc1ccc(S(=O)(=O)N(C)C(=O)NC(C)c2ccccc2OCc2ccccc2)cc1. The van der Waals surface area contributed by atoms with Crippen LogP contribution in [0.25, 0.3) is 0 Å². The van der Waals surface area contributed by atoms with E-state index in [0.29, 0.717) is 12.4 Å². The number of hydrogen-bond donors (Lipinski definition) is 1. The first kappa shape index (κ1) is 22.4. The van der Waals surface area contributed by atoms with Crippen molar-refractivity contribution in [2.75, 3.05) is 7.05 Å². The Bertz CT molecular complexity index is 1130. The van der Waals surface area contributed by atoms with Crippen LogP contribution in [0.3, 0.4) is 0 Å². The van der Waals surface area contributed by atoms with E-state index in [1.165, 1.54) is 19.2 Å². The highest BCUT2D eigenvalue weighted by molar-refractivity contribution is 7.89. The van der Waals surface area contributed by atoms with E-state index >= 15 is 0 Å². The van der Waals surface area contributed by atoms with Gasteiger partial charge >= 0.3 is 6.03 Å². The Labute approximate surface area is 183 Å². The van der Waals surface area contributed by atoms with Crippen LogP contribution in [0.15, 0.2) is 83.8 Å². The third-order valence-corrected chi connectivity index (χ3v) is 6.68. The van der Waals surface area contributed by atoms with E-state index in [9.17, 15) is 13.2 Å². The second-order valence-corrected chi connectivity index (χ2v) is 9.24. The summed E-state index contributed by atoms with van der Waals surface area (Å²) in [5, 5.41) is 2.75. The molecule has 0 aliphatic heterocycles. The van der Waals surface area contributed by atoms with Gasteiger partial charge in [-0.25, -0.2) is 17.5 Å². The second-order valence-electron chi connectivity index (χ2n) is 7.27. The summed E-state index contributed by atoms with van der Waals surface area (Å²) in [5.41, 5.74) is 2.72. The third kappa shape index (κ3) is 5.44. The number of carbonyl (C=O) groups is 1. The highest BCUT2D eigenvalue weighted by Crippen LogP contribution is 2.26. The van der Waals surface area contributed by atoms with Gasteiger partial charge in [0.05, 0.1) is 10.9 Å². The van der Waals surface area contributed by atoms with Crippen LogP contribution in [0.4, 0.5) is 4.79 Å². The molecule has 31 heavy (non-hydrogen) atoms. The van der Waals surface area contributed by atoms with E-state index in [1.807, 2.05) is 61.5 Å². The predicted molar refractivity (Wildman–Crippen MR) is 120 cm³/mol. The van der Waals surface area contributed by atoms with Crippen LogP contribution in [0.5, 0.6) is 5.75 Å². The molecular weight excluding hydrogens is 412 g/mol. The lowest BCUT2D eigenvalue weighted by Gasteiger charge is -2.23. The minimum Gasteiger partial charge on any atom is -0.489 e. The number of amides is 2. The maximum Gasteiger partial charge on any atom is 0.331 e. The molecule has 1 atom stereocenters. The van der Waals surface area contributed by atoms with Crippen molar-refractivity contribution < 1.29 is 17.9 Å². The van der Waals surface area contributed by atoms with Crippen LogP contribution in [-0.4, -0.2) is 25.8 Å². The Morgan fingerprint density at radius 2 is 1.58 bits per heavy atom. The molecule has 0 saturated carbocycles. The summed E-state index contributed by atoms with van der Waals surface area (Å²) in [6.07, 6.45) is 0. The van der Waals surface area contributed by atoms with Gasteiger partial charge in [-0.05, 0) is 37.6 Å². The maximum atomic E-state index is 12.8. The van der Waals surface area contributed by atoms with Crippen molar-refractivity contribution in [1.82, 2.24) is 9.62 Å². The van der Waals surface area contributed by atoms with Gasteiger partial charge in [-0.1, -0.05) is 66.2 Å². The number of sulfonamides is 1. The average molecular weight is 439 g/mol. The van der Waals surface area contributed by atoms with Gasteiger partial charge in [0.2, 0.25) is 0 Å². The molecular formula is C24H26N2O4S. The van der Waals surface area contributed by atoms with Gasteiger partial charge in [-0.3, -0.25) is 0 Å². The molecule has 6 nitrogen and oxygen atoms in total. The number of carbonyl (C=O) groups excluding carboxylic acids is 1. The van der Waals surface area contributed by atoms with E-state index < -0.39 is 22.1 Å². The van der Waals surface area contributed by atoms with Gasteiger partial charge < -0.3 is 10.1 Å². The fourth-order valence-electron chi connectivity index (χ4n) is 3.04. The quantitative estimate of drug-likeness (QED) is 0.582. The summed E-state index contributed by atoms with van der Waals surface area (Å²) < 4.78 is 32.2. The molecule has 162 valence electrons. The molecule has 0 heterocycles. The number of benzene rings is 3. The molecule has 1 N–H and O–H groups in total. The van der Waals surface area contributed by atoms with Crippen LogP contribution in [-0.2, 0) is 16.6 Å². The van der Waals surface area contributed by atoms with Gasteiger partial charge in [0.15, 0.2) is 0 Å². The lowest BCUT2D eigenvalue weighted by Crippen LogP contribution is -2.42. The molecule has 3 aromatic rings. The molecule has 7 heteroatoms. The fraction of sp³-hybridized carbons (Fsp3) is 0.208. The van der Waals surface area contributed by atoms with Crippen molar-refractivity contribution in [2.45, 2.75) is 31.4 Å². The monoisotopic (exact) mass is 438 g/mol. The number of urea groups is 1. The number of para-hydroxylation sites is 1. The van der Waals surface area contributed by atoms with Crippen molar-refractivity contribution >= 4 is 16.1 Å². The molecule has 3 rings (SSSR count). The second kappa shape index (κ2) is 9.66. The molecule has 0 radical (unpaired) electrons. The van der Waals surface area contributed by atoms with Crippen LogP contribution in [0, 0.1) is 6.92 Å². The molecule has 3 aromatic carbocycles. The van der Waals surface area contributed by atoms with Crippen LogP contribution in [0.2, 0.25) is 0 Å². The summed E-state index contributed by atoms with van der Waals surface area (Å²) in [4.78, 5) is 12.8. The van der Waals surface area contributed by atoms with Crippen molar-refractivity contribution in [2.24, 2.45) is 0 Å². The first-order chi connectivity index (χ1) is 14.8. The number of nitrogens with zero attached hydrogens (tertiary/aromatic N) is 1. The molecule has 0 saturated heterocycles. The number of ether oxygens (including phenoxy) is 1. The number of aryl methyl sites for hydroxylation is 1. The lowest BCUT2D eigenvalue weighted by molar-refractivity contribution is 0.224. The summed E-state index contributed by atoms with van der Waals surface area (Å²) >= 11 is 0. The smallest absolute Gasteiger partial charge is 0.331 e. The van der Waals surface area contributed by atoms with Crippen LogP contribution in [0.1, 0.15) is 29.7 Å². The van der Waals surface area contributed by atoms with Gasteiger partial charge in [-0.2, -0.15) is 0 Å². The number of nitrogens with one attached hydrogen (secondary N) is 1. The Morgan fingerprint density at radius 3 is 2.26 bits per heavy atom. The first-order valence-corrected chi connectivity index (χ1v) is 11.3. The molecule has 0 spiro atoms. The minimum absolute atomic E-state index is 0.0648. The zero-order valence-corrected chi connectivity index (χ0v) is 18.6.